The van der Waals surface area contributed by atoms with Gasteiger partial charge >= 0.3 is 0 Å². The molecule has 1 N–H and O–H groups in total. The maximum absolute atomic E-state index is 4.15. The van der Waals surface area contributed by atoms with Crippen LogP contribution in [0.25, 0.3) is 5.69 Å². The van der Waals surface area contributed by atoms with Crippen molar-refractivity contribution in [2.24, 2.45) is 0 Å². The predicted molar refractivity (Wildman–Crippen MR) is 80.0 cm³/mol. The molecule has 0 radical (unpaired) electrons. The second kappa shape index (κ2) is 5.32. The lowest BCUT2D eigenvalue weighted by atomic mass is 10.1. The van der Waals surface area contributed by atoms with Gasteiger partial charge in [0.05, 0.1) is 12.2 Å². The van der Waals surface area contributed by atoms with Gasteiger partial charge in [-0.1, -0.05) is 17.7 Å². The minimum Gasteiger partial charge on any atom is -0.305 e. The van der Waals surface area contributed by atoms with E-state index < -0.39 is 0 Å². The molecule has 0 aliphatic heterocycles. The van der Waals surface area contributed by atoms with Crippen molar-refractivity contribution in [2.75, 3.05) is 0 Å². The molecule has 0 fully saturated rings. The van der Waals surface area contributed by atoms with Crippen molar-refractivity contribution in [3.8, 4) is 5.69 Å². The Kier molecular flexibility index (Phi) is 3.90. The zero-order valence-electron chi connectivity index (χ0n) is 13.2. The Labute approximate surface area is 120 Å². The highest BCUT2D eigenvalue weighted by atomic mass is 15.5. The summed E-state index contributed by atoms with van der Waals surface area (Å²) in [6.07, 6.45) is 0. The second-order valence-electron chi connectivity index (χ2n) is 6.36. The third-order valence-electron chi connectivity index (χ3n) is 3.16. The third-order valence-corrected chi connectivity index (χ3v) is 3.16. The molecule has 0 unspecified atom stereocenters. The molecule has 0 bridgehead atoms. The minimum absolute atomic E-state index is 0.0359. The fraction of sp³-hybridized carbons (Fsp3) is 0.533. The average Bonchev–Trinajstić information content (AvgIpc) is 2.72. The van der Waals surface area contributed by atoms with Gasteiger partial charge in [-0.3, -0.25) is 0 Å². The predicted octanol–water partition coefficient (Wildman–Crippen LogP) is 2.48. The summed E-state index contributed by atoms with van der Waals surface area (Å²) in [6, 6.07) is 4.32. The lowest BCUT2D eigenvalue weighted by Crippen LogP contribution is -2.36. The molecule has 5 heteroatoms. The van der Waals surface area contributed by atoms with Gasteiger partial charge in [-0.25, -0.2) is 0 Å². The SMILES string of the molecule is Cc1cc(C)c(-n2nnnc2CNC(C)(C)C)c(C)c1. The topological polar surface area (TPSA) is 55.6 Å². The van der Waals surface area contributed by atoms with Crippen LogP contribution in [0.1, 0.15) is 43.3 Å². The zero-order valence-corrected chi connectivity index (χ0v) is 13.2. The van der Waals surface area contributed by atoms with E-state index >= 15 is 0 Å². The Morgan fingerprint density at radius 2 is 1.70 bits per heavy atom. The normalized spacial score (nSPS) is 11.9. The van der Waals surface area contributed by atoms with Crippen molar-refractivity contribution in [3.05, 3.63) is 34.6 Å². The third kappa shape index (κ3) is 3.22. The summed E-state index contributed by atoms with van der Waals surface area (Å²) in [5, 5.41) is 15.5. The number of nitrogens with one attached hydrogen (secondary N) is 1. The molecule has 2 aromatic rings. The quantitative estimate of drug-likeness (QED) is 0.933. The van der Waals surface area contributed by atoms with E-state index in [1.807, 2.05) is 4.68 Å². The van der Waals surface area contributed by atoms with Gasteiger partial charge in [0.15, 0.2) is 5.82 Å². The van der Waals surface area contributed by atoms with Crippen molar-refractivity contribution in [1.82, 2.24) is 25.5 Å². The highest BCUT2D eigenvalue weighted by molar-refractivity contribution is 5.48. The highest BCUT2D eigenvalue weighted by Gasteiger charge is 2.16. The Morgan fingerprint density at radius 1 is 1.10 bits per heavy atom. The summed E-state index contributed by atoms with van der Waals surface area (Å²) in [6.45, 7) is 13.3. The van der Waals surface area contributed by atoms with E-state index in [1.165, 1.54) is 16.7 Å². The molecule has 0 aliphatic carbocycles. The molecule has 0 saturated carbocycles. The lowest BCUT2D eigenvalue weighted by Gasteiger charge is -2.20. The van der Waals surface area contributed by atoms with Crippen LogP contribution >= 0.6 is 0 Å². The summed E-state index contributed by atoms with van der Waals surface area (Å²) in [4.78, 5) is 0. The molecular formula is C15H23N5. The fourth-order valence-electron chi connectivity index (χ4n) is 2.34. The first kappa shape index (κ1) is 14.7. The maximum Gasteiger partial charge on any atom is 0.170 e. The summed E-state index contributed by atoms with van der Waals surface area (Å²) in [5.74, 6) is 0.829. The van der Waals surface area contributed by atoms with Gasteiger partial charge in [0.2, 0.25) is 0 Å². The molecule has 0 atom stereocenters. The molecule has 1 heterocycles. The minimum atomic E-state index is 0.0359. The molecule has 0 amide bonds. The number of hydrogen-bond acceptors (Lipinski definition) is 4. The van der Waals surface area contributed by atoms with Gasteiger partial charge < -0.3 is 5.32 Å². The molecule has 108 valence electrons. The van der Waals surface area contributed by atoms with E-state index in [2.05, 4.69) is 74.5 Å². The van der Waals surface area contributed by atoms with E-state index in [-0.39, 0.29) is 5.54 Å². The smallest absolute Gasteiger partial charge is 0.170 e. The number of hydrogen-bond donors (Lipinski definition) is 1. The molecule has 1 aromatic heterocycles. The van der Waals surface area contributed by atoms with E-state index in [1.54, 1.807) is 0 Å². The van der Waals surface area contributed by atoms with Crippen LogP contribution in [0.5, 0.6) is 0 Å². The van der Waals surface area contributed by atoms with Gasteiger partial charge in [0, 0.05) is 5.54 Å². The van der Waals surface area contributed by atoms with Crippen LogP contribution in [-0.2, 0) is 6.54 Å². The van der Waals surface area contributed by atoms with Crippen molar-refractivity contribution in [3.63, 3.8) is 0 Å². The Bertz CT molecular complexity index is 584. The molecule has 20 heavy (non-hydrogen) atoms. The fourth-order valence-corrected chi connectivity index (χ4v) is 2.34. The van der Waals surface area contributed by atoms with Gasteiger partial charge in [0.1, 0.15) is 0 Å². The van der Waals surface area contributed by atoms with Crippen LogP contribution < -0.4 is 5.32 Å². The van der Waals surface area contributed by atoms with E-state index in [4.69, 9.17) is 0 Å². The van der Waals surface area contributed by atoms with E-state index in [0.29, 0.717) is 6.54 Å². The molecule has 0 aliphatic rings. The molecule has 2 rings (SSSR count). The standard InChI is InChI=1S/C15H23N5/c1-10-7-11(2)14(12(3)8-10)20-13(17-18-19-20)9-16-15(4,5)6/h7-8,16H,9H2,1-6H3. The van der Waals surface area contributed by atoms with Crippen LogP contribution in [0.2, 0.25) is 0 Å². The van der Waals surface area contributed by atoms with Crippen molar-refractivity contribution < 1.29 is 0 Å². The first-order chi connectivity index (χ1) is 9.28. The average molecular weight is 273 g/mol. The van der Waals surface area contributed by atoms with E-state index in [0.717, 1.165) is 11.5 Å². The second-order valence-corrected chi connectivity index (χ2v) is 6.36. The summed E-state index contributed by atoms with van der Waals surface area (Å²) < 4.78 is 1.84. The lowest BCUT2D eigenvalue weighted by molar-refractivity contribution is 0.415. The van der Waals surface area contributed by atoms with E-state index in [9.17, 15) is 0 Å². The number of rotatable bonds is 3. The summed E-state index contributed by atoms with van der Waals surface area (Å²) in [5.41, 5.74) is 4.74. The van der Waals surface area contributed by atoms with Crippen LogP contribution in [0, 0.1) is 20.8 Å². The molecular weight excluding hydrogens is 250 g/mol. The highest BCUT2D eigenvalue weighted by Crippen LogP contribution is 2.21. The first-order valence-corrected chi connectivity index (χ1v) is 6.88. The molecule has 0 spiro atoms. The number of aryl methyl sites for hydroxylation is 3. The van der Waals surface area contributed by atoms with Gasteiger partial charge in [0.25, 0.3) is 0 Å². The largest absolute Gasteiger partial charge is 0.305 e. The number of benzene rings is 1. The maximum atomic E-state index is 4.15. The molecule has 1 aromatic carbocycles. The first-order valence-electron chi connectivity index (χ1n) is 6.88. The summed E-state index contributed by atoms with van der Waals surface area (Å²) >= 11 is 0. The van der Waals surface area contributed by atoms with Crippen molar-refractivity contribution in [2.45, 2.75) is 53.6 Å². The van der Waals surface area contributed by atoms with Crippen LogP contribution in [0.3, 0.4) is 0 Å². The Morgan fingerprint density at radius 3 is 2.25 bits per heavy atom. The van der Waals surface area contributed by atoms with Gasteiger partial charge in [-0.15, -0.1) is 5.10 Å². The number of tetrazole rings is 1. The summed E-state index contributed by atoms with van der Waals surface area (Å²) in [7, 11) is 0. The molecule has 5 nitrogen and oxygen atoms in total. The van der Waals surface area contributed by atoms with Crippen molar-refractivity contribution >= 4 is 0 Å². The van der Waals surface area contributed by atoms with Crippen LogP contribution in [0.4, 0.5) is 0 Å². The number of nitrogens with zero attached hydrogens (tertiary/aromatic N) is 4. The zero-order chi connectivity index (χ0) is 14.9. The van der Waals surface area contributed by atoms with Gasteiger partial charge in [-0.2, -0.15) is 4.68 Å². The Balaban J connectivity index is 2.38. The molecule has 0 saturated heterocycles. The van der Waals surface area contributed by atoms with Crippen molar-refractivity contribution in [1.29, 1.82) is 0 Å². The Hall–Kier alpha value is -1.75. The van der Waals surface area contributed by atoms with Crippen LogP contribution in [-0.4, -0.2) is 25.7 Å². The van der Waals surface area contributed by atoms with Crippen LogP contribution in [0.15, 0.2) is 12.1 Å². The van der Waals surface area contributed by atoms with Gasteiger partial charge in [-0.05, 0) is 63.1 Å². The number of aromatic nitrogens is 4. The monoisotopic (exact) mass is 273 g/mol.